The molecule has 0 atom stereocenters. The lowest BCUT2D eigenvalue weighted by Crippen LogP contribution is -2.27. The van der Waals surface area contributed by atoms with Crippen molar-refractivity contribution < 1.29 is 22.7 Å². The Morgan fingerprint density at radius 3 is 2.60 bits per heavy atom. The Morgan fingerprint density at radius 1 is 1.20 bits per heavy atom. The van der Waals surface area contributed by atoms with Crippen LogP contribution in [0.3, 0.4) is 0 Å². The van der Waals surface area contributed by atoms with E-state index in [1.165, 1.54) is 23.1 Å². The number of halogens is 3. The van der Waals surface area contributed by atoms with Crippen molar-refractivity contribution in [1.82, 2.24) is 19.5 Å². The zero-order chi connectivity index (χ0) is 22.1. The van der Waals surface area contributed by atoms with E-state index < -0.39 is 6.36 Å². The third-order valence-electron chi connectivity index (χ3n) is 4.91. The highest BCUT2D eigenvalue weighted by Crippen LogP contribution is 2.27. The van der Waals surface area contributed by atoms with Crippen molar-refractivity contribution in [3.05, 3.63) is 58.5 Å². The number of alkyl halides is 3. The van der Waals surface area contributed by atoms with Gasteiger partial charge in [0.25, 0.3) is 0 Å². The minimum atomic E-state index is -4.79. The Kier molecular flexibility index (Phi) is 6.00. The second-order valence-electron chi connectivity index (χ2n) is 7.22. The van der Waals surface area contributed by atoms with E-state index in [9.17, 15) is 18.0 Å². The number of benzene rings is 1. The number of carbonyl (C=O) groups excluding carboxylic acids is 1. The fraction of sp³-hybridized carbons (Fsp3) is 0.381. The van der Waals surface area contributed by atoms with Gasteiger partial charge in [0.2, 0.25) is 5.91 Å². The lowest BCUT2D eigenvalue weighted by Gasteiger charge is -2.20. The summed E-state index contributed by atoms with van der Waals surface area (Å²) in [5.41, 5.74) is 4.60. The van der Waals surface area contributed by atoms with Crippen LogP contribution in [0.25, 0.3) is 5.65 Å². The lowest BCUT2D eigenvalue weighted by atomic mass is 10.1. The molecule has 0 aliphatic heterocycles. The number of hydrogen-bond donors (Lipinski definition) is 0. The van der Waals surface area contributed by atoms with Crippen molar-refractivity contribution in [2.45, 2.75) is 46.5 Å². The molecule has 0 saturated carbocycles. The molecule has 9 heteroatoms. The molecule has 1 amide bonds. The van der Waals surface area contributed by atoms with E-state index >= 15 is 0 Å². The summed E-state index contributed by atoms with van der Waals surface area (Å²) in [6.07, 6.45) is -4.12. The highest BCUT2D eigenvalue weighted by molar-refractivity contribution is 5.76. The van der Waals surface area contributed by atoms with Gasteiger partial charge in [-0.2, -0.15) is 5.10 Å². The molecule has 30 heavy (non-hydrogen) atoms. The summed E-state index contributed by atoms with van der Waals surface area (Å²) >= 11 is 0. The predicted octanol–water partition coefficient (Wildman–Crippen LogP) is 4.14. The second-order valence-corrected chi connectivity index (χ2v) is 7.22. The van der Waals surface area contributed by atoms with Crippen molar-refractivity contribution in [2.75, 3.05) is 7.05 Å². The minimum Gasteiger partial charge on any atom is -0.405 e. The van der Waals surface area contributed by atoms with Crippen LogP contribution in [0.2, 0.25) is 0 Å². The van der Waals surface area contributed by atoms with E-state index in [4.69, 9.17) is 0 Å². The molecule has 0 spiro atoms. The molecule has 0 unspecified atom stereocenters. The minimum absolute atomic E-state index is 0.0126. The van der Waals surface area contributed by atoms with Gasteiger partial charge in [-0.25, -0.2) is 9.50 Å². The van der Waals surface area contributed by atoms with Gasteiger partial charge in [0, 0.05) is 43.0 Å². The molecule has 2 aromatic heterocycles. The zero-order valence-corrected chi connectivity index (χ0v) is 17.2. The maximum absolute atomic E-state index is 12.6. The van der Waals surface area contributed by atoms with E-state index in [2.05, 4.69) is 14.8 Å². The molecule has 2 heterocycles. The van der Waals surface area contributed by atoms with Crippen LogP contribution in [0.5, 0.6) is 5.75 Å². The Hall–Kier alpha value is -3.10. The first-order chi connectivity index (χ1) is 14.0. The van der Waals surface area contributed by atoms with Gasteiger partial charge in [-0.15, -0.1) is 13.2 Å². The van der Waals surface area contributed by atoms with Crippen molar-refractivity contribution in [2.24, 2.45) is 0 Å². The van der Waals surface area contributed by atoms with Crippen LogP contribution in [0.1, 0.15) is 34.6 Å². The Bertz CT molecular complexity index is 1080. The maximum Gasteiger partial charge on any atom is 0.573 e. The number of fused-ring (bicyclic) bond motifs is 1. The first-order valence-corrected chi connectivity index (χ1v) is 9.45. The number of aryl methyl sites for hydroxylation is 3. The summed E-state index contributed by atoms with van der Waals surface area (Å²) < 4.78 is 43.6. The highest BCUT2D eigenvalue weighted by atomic mass is 19.4. The lowest BCUT2D eigenvalue weighted by molar-refractivity contribution is -0.275. The number of nitrogens with zero attached hydrogens (tertiary/aromatic N) is 4. The summed E-state index contributed by atoms with van der Waals surface area (Å²) in [5, 5.41) is 4.42. The van der Waals surface area contributed by atoms with Crippen LogP contribution in [0.4, 0.5) is 13.2 Å². The van der Waals surface area contributed by atoms with Gasteiger partial charge in [-0.1, -0.05) is 18.2 Å². The summed E-state index contributed by atoms with van der Waals surface area (Å²) in [6, 6.07) is 7.70. The summed E-state index contributed by atoms with van der Waals surface area (Å²) in [4.78, 5) is 18.6. The number of ether oxygens (including phenoxy) is 1. The molecule has 3 rings (SSSR count). The number of para-hydroxylation sites is 1. The van der Waals surface area contributed by atoms with Crippen LogP contribution in [-0.2, 0) is 17.8 Å². The monoisotopic (exact) mass is 420 g/mol. The second kappa shape index (κ2) is 8.33. The van der Waals surface area contributed by atoms with Crippen molar-refractivity contribution in [3.63, 3.8) is 0 Å². The summed E-state index contributed by atoms with van der Waals surface area (Å²) in [5.74, 6) is -0.493. The zero-order valence-electron chi connectivity index (χ0n) is 17.2. The molecule has 0 aliphatic rings. The Morgan fingerprint density at radius 2 is 1.90 bits per heavy atom. The van der Waals surface area contributed by atoms with Gasteiger partial charge in [0.1, 0.15) is 5.75 Å². The topological polar surface area (TPSA) is 59.7 Å². The molecule has 0 N–H and O–H groups in total. The molecule has 0 bridgehead atoms. The van der Waals surface area contributed by atoms with Gasteiger partial charge in [-0.05, 0) is 38.8 Å². The molecule has 6 nitrogen and oxygen atoms in total. The molecule has 0 saturated heterocycles. The smallest absolute Gasteiger partial charge is 0.405 e. The summed E-state index contributed by atoms with van der Waals surface area (Å²) in [6.45, 7) is 5.73. The Balaban J connectivity index is 1.70. The third-order valence-corrected chi connectivity index (χ3v) is 4.91. The molecule has 160 valence electrons. The molecular weight excluding hydrogens is 397 g/mol. The fourth-order valence-electron chi connectivity index (χ4n) is 3.43. The third kappa shape index (κ3) is 4.90. The average molecular weight is 420 g/mol. The van der Waals surface area contributed by atoms with Gasteiger partial charge in [0.05, 0.1) is 5.69 Å². The van der Waals surface area contributed by atoms with Crippen molar-refractivity contribution in [3.8, 4) is 5.75 Å². The highest BCUT2D eigenvalue weighted by Gasteiger charge is 2.32. The number of hydrogen-bond acceptors (Lipinski definition) is 4. The largest absolute Gasteiger partial charge is 0.573 e. The molecule has 0 fully saturated rings. The van der Waals surface area contributed by atoms with E-state index in [1.807, 2.05) is 26.8 Å². The quantitative estimate of drug-likeness (QED) is 0.601. The molecular formula is C21H23F3N4O2. The molecule has 0 aliphatic carbocycles. The molecule has 1 aromatic carbocycles. The van der Waals surface area contributed by atoms with E-state index in [-0.39, 0.29) is 30.2 Å². The van der Waals surface area contributed by atoms with Crippen LogP contribution >= 0.6 is 0 Å². The number of carbonyl (C=O) groups is 1. The van der Waals surface area contributed by atoms with E-state index in [1.54, 1.807) is 17.6 Å². The van der Waals surface area contributed by atoms with Crippen molar-refractivity contribution >= 4 is 11.6 Å². The number of amides is 1. The van der Waals surface area contributed by atoms with Crippen LogP contribution < -0.4 is 4.74 Å². The fourth-order valence-corrected chi connectivity index (χ4v) is 3.43. The van der Waals surface area contributed by atoms with Gasteiger partial charge >= 0.3 is 6.36 Å². The molecule has 3 aromatic rings. The summed E-state index contributed by atoms with van der Waals surface area (Å²) in [7, 11) is 1.56. The number of aromatic nitrogens is 3. The maximum atomic E-state index is 12.6. The van der Waals surface area contributed by atoms with Crippen LogP contribution in [0, 0.1) is 20.8 Å². The molecule has 0 radical (unpaired) electrons. The van der Waals surface area contributed by atoms with Gasteiger partial charge in [-0.3, -0.25) is 4.79 Å². The first-order valence-electron chi connectivity index (χ1n) is 9.45. The van der Waals surface area contributed by atoms with Crippen LogP contribution in [-0.4, -0.2) is 38.8 Å². The van der Waals surface area contributed by atoms with Crippen molar-refractivity contribution in [1.29, 1.82) is 0 Å². The Labute approximate surface area is 172 Å². The van der Waals surface area contributed by atoms with Crippen LogP contribution in [0.15, 0.2) is 30.3 Å². The van der Waals surface area contributed by atoms with Gasteiger partial charge < -0.3 is 9.64 Å². The standard InChI is InChI=1S/C21H23F3N4O2/c1-13-11-19-25-14(2)17(15(3)28(19)26-13)9-10-20(29)27(4)12-16-7-5-6-8-18(16)30-21(22,23)24/h5-8,11H,9-10,12H2,1-4H3. The average Bonchev–Trinajstić information content (AvgIpc) is 3.02. The number of rotatable bonds is 6. The van der Waals surface area contributed by atoms with Gasteiger partial charge in [0.15, 0.2) is 5.65 Å². The normalized spacial score (nSPS) is 11.7. The predicted molar refractivity (Wildman–Crippen MR) is 105 cm³/mol. The first kappa shape index (κ1) is 21.6. The SMILES string of the molecule is Cc1cc2nc(C)c(CCC(=O)N(C)Cc3ccccc3OC(F)(F)F)c(C)n2n1. The van der Waals surface area contributed by atoms with E-state index in [0.29, 0.717) is 6.42 Å². The van der Waals surface area contributed by atoms with E-state index in [0.717, 1.165) is 28.3 Å².